The van der Waals surface area contributed by atoms with E-state index in [-0.39, 0.29) is 6.54 Å². The molecule has 0 aromatic heterocycles. The molecule has 0 rings (SSSR count). The van der Waals surface area contributed by atoms with Crippen molar-refractivity contribution in [1.82, 2.24) is 10.6 Å². The molecule has 0 heterocycles. The van der Waals surface area contributed by atoms with Crippen molar-refractivity contribution in [3.05, 3.63) is 4.91 Å². The minimum Gasteiger partial charge on any atom is -0.468 e. The predicted octanol–water partition coefficient (Wildman–Crippen LogP) is -0.0265. The summed E-state index contributed by atoms with van der Waals surface area (Å²) in [5.41, 5.74) is 0. The quantitative estimate of drug-likeness (QED) is 0.387. The normalized spacial score (nSPS) is 12.2. The highest BCUT2D eigenvalue weighted by Crippen LogP contribution is 2.29. The van der Waals surface area contributed by atoms with Gasteiger partial charge < -0.3 is 15.4 Å². The summed E-state index contributed by atoms with van der Waals surface area (Å²) < 4.78 is 6.10. The molecule has 1 atom stereocenters. The van der Waals surface area contributed by atoms with Crippen LogP contribution in [0.25, 0.3) is 0 Å². The maximum Gasteiger partial charge on any atom is 0.325 e. The maximum atomic E-state index is 11.9. The third kappa shape index (κ3) is 6.18. The van der Waals surface area contributed by atoms with Gasteiger partial charge in [0.15, 0.2) is 0 Å². The Morgan fingerprint density at radius 2 is 1.95 bits per heavy atom. The van der Waals surface area contributed by atoms with Gasteiger partial charge in [-0.3, -0.25) is 14.4 Å². The van der Waals surface area contributed by atoms with Crippen LogP contribution in [0.15, 0.2) is 4.58 Å². The molecule has 0 fully saturated rings. The standard InChI is InChI=1S/C10H17N3O5S/c1-6(14)12-8(10(2,3)19-13-17)9(16)11-5-7(15)18-4/h8H,5H2,1-4H3,(H,11,16)(H,12,14)/t8-/m0/s1. The number of esters is 1. The van der Waals surface area contributed by atoms with Gasteiger partial charge in [-0.15, -0.1) is 4.91 Å². The van der Waals surface area contributed by atoms with Crippen molar-refractivity contribution in [1.29, 1.82) is 0 Å². The van der Waals surface area contributed by atoms with E-state index in [1.807, 2.05) is 0 Å². The predicted molar refractivity (Wildman–Crippen MR) is 70.1 cm³/mol. The molecule has 19 heavy (non-hydrogen) atoms. The molecule has 0 bridgehead atoms. The highest BCUT2D eigenvalue weighted by atomic mass is 32.2. The summed E-state index contributed by atoms with van der Waals surface area (Å²) in [5.74, 6) is -1.64. The number of nitrogens with one attached hydrogen (secondary N) is 2. The largest absolute Gasteiger partial charge is 0.468 e. The first-order valence-corrected chi connectivity index (χ1v) is 6.14. The molecule has 0 aromatic carbocycles. The van der Waals surface area contributed by atoms with Crippen LogP contribution in [0.1, 0.15) is 20.8 Å². The average Bonchev–Trinajstić information content (AvgIpc) is 2.32. The van der Waals surface area contributed by atoms with E-state index in [9.17, 15) is 19.3 Å². The van der Waals surface area contributed by atoms with E-state index in [0.717, 1.165) is 0 Å². The SMILES string of the molecule is COC(=O)CNC(=O)[C@H](NC(C)=O)C(C)(C)SN=O. The van der Waals surface area contributed by atoms with Crippen molar-refractivity contribution < 1.29 is 19.1 Å². The first-order chi connectivity index (χ1) is 8.74. The third-order valence-electron chi connectivity index (χ3n) is 2.21. The van der Waals surface area contributed by atoms with Crippen molar-refractivity contribution in [2.45, 2.75) is 31.6 Å². The van der Waals surface area contributed by atoms with Crippen LogP contribution in [0, 0.1) is 4.91 Å². The Kier molecular flexibility index (Phi) is 7.05. The Hall–Kier alpha value is -1.64. The third-order valence-corrected chi connectivity index (χ3v) is 2.99. The first kappa shape index (κ1) is 17.4. The van der Waals surface area contributed by atoms with Gasteiger partial charge in [0.25, 0.3) is 0 Å². The number of carbonyl (C=O) groups excluding carboxylic acids is 3. The number of carbonyl (C=O) groups is 3. The lowest BCUT2D eigenvalue weighted by Crippen LogP contribution is -2.56. The topological polar surface area (TPSA) is 114 Å². The van der Waals surface area contributed by atoms with E-state index in [4.69, 9.17) is 0 Å². The maximum absolute atomic E-state index is 11.9. The van der Waals surface area contributed by atoms with Gasteiger partial charge in [0.05, 0.1) is 11.9 Å². The molecule has 108 valence electrons. The molecule has 0 aliphatic heterocycles. The second kappa shape index (κ2) is 7.72. The van der Waals surface area contributed by atoms with Gasteiger partial charge in [0.1, 0.15) is 12.6 Å². The molecule has 0 radical (unpaired) electrons. The zero-order valence-electron chi connectivity index (χ0n) is 11.2. The Balaban J connectivity index is 4.83. The highest BCUT2D eigenvalue weighted by Gasteiger charge is 2.37. The molecule has 0 saturated heterocycles. The van der Waals surface area contributed by atoms with Crippen molar-refractivity contribution >= 4 is 29.7 Å². The molecular formula is C10H17N3O5S. The minimum absolute atomic E-state index is 0.319. The molecule has 2 N–H and O–H groups in total. The van der Waals surface area contributed by atoms with Crippen LogP contribution in [0.3, 0.4) is 0 Å². The van der Waals surface area contributed by atoms with Crippen LogP contribution in [0.5, 0.6) is 0 Å². The van der Waals surface area contributed by atoms with Crippen molar-refractivity contribution in [3.8, 4) is 0 Å². The van der Waals surface area contributed by atoms with E-state index >= 15 is 0 Å². The number of rotatable bonds is 7. The van der Waals surface area contributed by atoms with Gasteiger partial charge in [-0.05, 0) is 13.8 Å². The number of methoxy groups -OCH3 is 1. The fourth-order valence-electron chi connectivity index (χ4n) is 1.24. The number of amides is 2. The fraction of sp³-hybridized carbons (Fsp3) is 0.700. The van der Waals surface area contributed by atoms with E-state index < -0.39 is 28.6 Å². The van der Waals surface area contributed by atoms with Gasteiger partial charge in [0.2, 0.25) is 11.8 Å². The lowest BCUT2D eigenvalue weighted by molar-refractivity contribution is -0.141. The number of nitroso groups, excluding NO2 is 1. The van der Waals surface area contributed by atoms with Crippen molar-refractivity contribution in [2.75, 3.05) is 13.7 Å². The number of hydrogen-bond acceptors (Lipinski definition) is 7. The average molecular weight is 291 g/mol. The van der Waals surface area contributed by atoms with E-state index in [1.54, 1.807) is 13.8 Å². The molecule has 2 amide bonds. The second-order valence-electron chi connectivity index (χ2n) is 4.20. The molecule has 0 aliphatic carbocycles. The fourth-order valence-corrected chi connectivity index (χ4v) is 1.70. The van der Waals surface area contributed by atoms with Crippen LogP contribution < -0.4 is 10.6 Å². The number of ether oxygens (including phenoxy) is 1. The molecule has 0 unspecified atom stereocenters. The van der Waals surface area contributed by atoms with Gasteiger partial charge in [-0.25, -0.2) is 0 Å². The van der Waals surface area contributed by atoms with Crippen LogP contribution in [0.4, 0.5) is 0 Å². The van der Waals surface area contributed by atoms with E-state index in [0.29, 0.717) is 11.9 Å². The van der Waals surface area contributed by atoms with Crippen LogP contribution >= 0.6 is 11.9 Å². The highest BCUT2D eigenvalue weighted by molar-refractivity contribution is 7.99. The smallest absolute Gasteiger partial charge is 0.325 e. The lowest BCUT2D eigenvalue weighted by atomic mass is 10.0. The summed E-state index contributed by atoms with van der Waals surface area (Å²) in [4.78, 5) is 44.3. The lowest BCUT2D eigenvalue weighted by Gasteiger charge is -2.29. The molecule has 0 aromatic rings. The van der Waals surface area contributed by atoms with Crippen molar-refractivity contribution in [3.63, 3.8) is 0 Å². The van der Waals surface area contributed by atoms with Crippen LogP contribution in [-0.4, -0.2) is 42.2 Å². The summed E-state index contributed by atoms with van der Waals surface area (Å²) in [5, 5.41) is 4.74. The Labute approximate surface area is 115 Å². The number of nitrogens with zero attached hydrogens (tertiary/aromatic N) is 1. The van der Waals surface area contributed by atoms with Gasteiger partial charge in [0, 0.05) is 23.5 Å². The molecule has 8 nitrogen and oxygen atoms in total. The van der Waals surface area contributed by atoms with Gasteiger partial charge in [-0.1, -0.05) is 0 Å². The molecule has 0 saturated carbocycles. The Morgan fingerprint density at radius 3 is 2.37 bits per heavy atom. The van der Waals surface area contributed by atoms with E-state index in [1.165, 1.54) is 14.0 Å². The molecular weight excluding hydrogens is 274 g/mol. The first-order valence-electron chi connectivity index (χ1n) is 5.37. The summed E-state index contributed by atoms with van der Waals surface area (Å²) in [6.45, 7) is 4.09. The van der Waals surface area contributed by atoms with E-state index in [2.05, 4.69) is 20.0 Å². The summed E-state index contributed by atoms with van der Waals surface area (Å²) in [7, 11) is 1.19. The second-order valence-corrected chi connectivity index (χ2v) is 5.58. The summed E-state index contributed by atoms with van der Waals surface area (Å²) in [6.07, 6.45) is 0. The summed E-state index contributed by atoms with van der Waals surface area (Å²) in [6, 6.07) is -1.00. The Bertz CT molecular complexity index is 372. The zero-order chi connectivity index (χ0) is 15.1. The monoisotopic (exact) mass is 291 g/mol. The van der Waals surface area contributed by atoms with Gasteiger partial charge in [-0.2, -0.15) is 0 Å². The Morgan fingerprint density at radius 1 is 1.37 bits per heavy atom. The number of hydrogen-bond donors (Lipinski definition) is 2. The summed E-state index contributed by atoms with van der Waals surface area (Å²) >= 11 is 0.630. The molecule has 9 heteroatoms. The molecule has 0 spiro atoms. The molecule has 0 aliphatic rings. The van der Waals surface area contributed by atoms with Crippen LogP contribution in [-0.2, 0) is 19.1 Å². The zero-order valence-corrected chi connectivity index (χ0v) is 12.0. The van der Waals surface area contributed by atoms with Crippen molar-refractivity contribution in [2.24, 2.45) is 4.58 Å². The minimum atomic E-state index is -1.00. The van der Waals surface area contributed by atoms with Gasteiger partial charge >= 0.3 is 5.97 Å². The van der Waals surface area contributed by atoms with Crippen LogP contribution in [0.2, 0.25) is 0 Å².